The lowest BCUT2D eigenvalue weighted by molar-refractivity contribution is -0.137. The number of aromatic nitrogens is 2. The molecule has 24 heavy (non-hydrogen) atoms. The Morgan fingerprint density at radius 2 is 2.00 bits per heavy atom. The third kappa shape index (κ3) is 3.00. The standard InChI is InChI=1S/C18H21N3O3/c22-18(15-7-10-23-16-4-2-1-3-14(16)11-15)21-8-5-13(6-9-21)17-19-12-24-20-17/h1-4,12-13,15H,5-11H2/t15-/m1/s1. The summed E-state index contributed by atoms with van der Waals surface area (Å²) in [6.45, 7) is 2.13. The van der Waals surface area contributed by atoms with Gasteiger partial charge in [0.1, 0.15) is 5.75 Å². The molecule has 1 saturated heterocycles. The van der Waals surface area contributed by atoms with E-state index in [0.29, 0.717) is 12.5 Å². The van der Waals surface area contributed by atoms with E-state index in [2.05, 4.69) is 16.2 Å². The van der Waals surface area contributed by atoms with E-state index >= 15 is 0 Å². The van der Waals surface area contributed by atoms with Crippen LogP contribution in [0.1, 0.15) is 36.6 Å². The molecule has 2 aliphatic heterocycles. The number of rotatable bonds is 2. The SMILES string of the molecule is O=C([C@@H]1CCOc2ccccc2C1)N1CCC(c2ncon2)CC1. The molecule has 6 nitrogen and oxygen atoms in total. The molecule has 0 unspecified atom stereocenters. The highest BCUT2D eigenvalue weighted by atomic mass is 16.5. The largest absolute Gasteiger partial charge is 0.493 e. The first kappa shape index (κ1) is 15.2. The van der Waals surface area contributed by atoms with Gasteiger partial charge < -0.3 is 14.2 Å². The average Bonchev–Trinajstić information content (AvgIpc) is 3.08. The van der Waals surface area contributed by atoms with E-state index < -0.39 is 0 Å². The first-order chi connectivity index (χ1) is 11.8. The lowest BCUT2D eigenvalue weighted by Crippen LogP contribution is -2.42. The van der Waals surface area contributed by atoms with Crippen LogP contribution in [0, 0.1) is 5.92 Å². The van der Waals surface area contributed by atoms with E-state index in [0.717, 1.165) is 55.9 Å². The first-order valence-electron chi connectivity index (χ1n) is 8.57. The fourth-order valence-corrected chi connectivity index (χ4v) is 3.68. The minimum Gasteiger partial charge on any atom is -0.493 e. The molecule has 3 heterocycles. The number of fused-ring (bicyclic) bond motifs is 1. The van der Waals surface area contributed by atoms with Gasteiger partial charge in [0.25, 0.3) is 0 Å². The van der Waals surface area contributed by atoms with E-state index in [4.69, 9.17) is 9.26 Å². The Kier molecular flexibility index (Phi) is 4.19. The van der Waals surface area contributed by atoms with Crippen molar-refractivity contribution >= 4 is 5.91 Å². The quantitative estimate of drug-likeness (QED) is 0.847. The van der Waals surface area contributed by atoms with Crippen molar-refractivity contribution in [1.29, 1.82) is 0 Å². The molecule has 1 atom stereocenters. The van der Waals surface area contributed by atoms with Crippen LogP contribution in [-0.2, 0) is 11.2 Å². The molecule has 1 aromatic carbocycles. The summed E-state index contributed by atoms with van der Waals surface area (Å²) in [5.74, 6) is 2.24. The van der Waals surface area contributed by atoms with Gasteiger partial charge >= 0.3 is 0 Å². The summed E-state index contributed by atoms with van der Waals surface area (Å²) in [5.41, 5.74) is 1.13. The van der Waals surface area contributed by atoms with Crippen molar-refractivity contribution < 1.29 is 14.1 Å². The highest BCUT2D eigenvalue weighted by molar-refractivity contribution is 5.79. The molecular formula is C18H21N3O3. The molecule has 2 aromatic rings. The van der Waals surface area contributed by atoms with Crippen LogP contribution < -0.4 is 4.74 Å². The zero-order valence-electron chi connectivity index (χ0n) is 13.6. The van der Waals surface area contributed by atoms with Crippen LogP contribution in [0.2, 0.25) is 0 Å². The number of carbonyl (C=O) groups is 1. The Morgan fingerprint density at radius 3 is 2.79 bits per heavy atom. The van der Waals surface area contributed by atoms with Gasteiger partial charge in [-0.05, 0) is 37.3 Å². The van der Waals surface area contributed by atoms with Gasteiger partial charge in [-0.25, -0.2) is 0 Å². The van der Waals surface area contributed by atoms with Crippen LogP contribution in [0.4, 0.5) is 0 Å². The predicted octanol–water partition coefficient (Wildman–Crippen LogP) is 2.42. The van der Waals surface area contributed by atoms with E-state index in [-0.39, 0.29) is 11.8 Å². The molecule has 1 amide bonds. The number of hydrogen-bond donors (Lipinski definition) is 0. The molecule has 1 fully saturated rings. The monoisotopic (exact) mass is 327 g/mol. The Morgan fingerprint density at radius 1 is 1.17 bits per heavy atom. The fraction of sp³-hybridized carbons (Fsp3) is 0.500. The second kappa shape index (κ2) is 6.63. The van der Waals surface area contributed by atoms with Gasteiger partial charge in [0.15, 0.2) is 5.82 Å². The maximum absolute atomic E-state index is 12.9. The Bertz CT molecular complexity index is 693. The van der Waals surface area contributed by atoms with Gasteiger partial charge in [0.05, 0.1) is 6.61 Å². The maximum Gasteiger partial charge on any atom is 0.226 e. The number of para-hydroxylation sites is 1. The van der Waals surface area contributed by atoms with Crippen molar-refractivity contribution in [2.45, 2.75) is 31.6 Å². The van der Waals surface area contributed by atoms with Crippen LogP contribution in [0.3, 0.4) is 0 Å². The molecule has 0 saturated carbocycles. The number of piperidine rings is 1. The molecule has 2 aliphatic rings. The highest BCUT2D eigenvalue weighted by Crippen LogP contribution is 2.30. The molecule has 1 aromatic heterocycles. The van der Waals surface area contributed by atoms with Crippen LogP contribution in [0.5, 0.6) is 5.75 Å². The Hall–Kier alpha value is -2.37. The molecule has 0 aliphatic carbocycles. The number of benzene rings is 1. The number of nitrogens with zero attached hydrogens (tertiary/aromatic N) is 3. The van der Waals surface area contributed by atoms with Gasteiger partial charge in [-0.3, -0.25) is 4.79 Å². The van der Waals surface area contributed by atoms with Crippen molar-refractivity contribution in [3.8, 4) is 5.75 Å². The summed E-state index contributed by atoms with van der Waals surface area (Å²) in [7, 11) is 0. The summed E-state index contributed by atoms with van der Waals surface area (Å²) in [5, 5.41) is 3.93. The number of ether oxygens (including phenoxy) is 1. The summed E-state index contributed by atoms with van der Waals surface area (Å²) in [4.78, 5) is 19.1. The topological polar surface area (TPSA) is 68.5 Å². The normalized spacial score (nSPS) is 21.7. The second-order valence-electron chi connectivity index (χ2n) is 6.53. The van der Waals surface area contributed by atoms with Gasteiger partial charge in [-0.1, -0.05) is 23.4 Å². The maximum atomic E-state index is 12.9. The van der Waals surface area contributed by atoms with Crippen molar-refractivity contribution in [1.82, 2.24) is 15.0 Å². The minimum absolute atomic E-state index is 0.00961. The molecular weight excluding hydrogens is 306 g/mol. The lowest BCUT2D eigenvalue weighted by atomic mass is 9.92. The lowest BCUT2D eigenvalue weighted by Gasteiger charge is -2.33. The van der Waals surface area contributed by atoms with Crippen molar-refractivity contribution in [2.75, 3.05) is 19.7 Å². The molecule has 0 bridgehead atoms. The summed E-state index contributed by atoms with van der Waals surface area (Å²) < 4.78 is 10.6. The van der Waals surface area contributed by atoms with Gasteiger partial charge in [0, 0.05) is 24.9 Å². The van der Waals surface area contributed by atoms with Gasteiger partial charge in [-0.15, -0.1) is 0 Å². The molecule has 4 rings (SSSR count). The smallest absolute Gasteiger partial charge is 0.226 e. The van der Waals surface area contributed by atoms with Crippen LogP contribution >= 0.6 is 0 Å². The van der Waals surface area contributed by atoms with Crippen LogP contribution in [0.15, 0.2) is 35.2 Å². The minimum atomic E-state index is 0.00961. The van der Waals surface area contributed by atoms with Crippen molar-refractivity contribution in [2.24, 2.45) is 5.92 Å². The summed E-state index contributed by atoms with van der Waals surface area (Å²) >= 11 is 0. The van der Waals surface area contributed by atoms with Crippen LogP contribution in [-0.4, -0.2) is 40.6 Å². The van der Waals surface area contributed by atoms with Gasteiger partial charge in [0.2, 0.25) is 12.3 Å². The summed E-state index contributed by atoms with van der Waals surface area (Å²) in [6.07, 6.45) is 4.70. The Labute approximate surface area is 140 Å². The zero-order chi connectivity index (χ0) is 16.4. The fourth-order valence-electron chi connectivity index (χ4n) is 3.68. The van der Waals surface area contributed by atoms with E-state index in [1.165, 1.54) is 6.39 Å². The second-order valence-corrected chi connectivity index (χ2v) is 6.53. The molecule has 126 valence electrons. The number of amides is 1. The predicted molar refractivity (Wildman–Crippen MR) is 86.6 cm³/mol. The molecule has 0 spiro atoms. The van der Waals surface area contributed by atoms with E-state index in [1.54, 1.807) is 0 Å². The third-order valence-corrected chi connectivity index (χ3v) is 5.06. The zero-order valence-corrected chi connectivity index (χ0v) is 13.6. The number of hydrogen-bond acceptors (Lipinski definition) is 5. The van der Waals surface area contributed by atoms with E-state index in [1.807, 2.05) is 23.1 Å². The Balaban J connectivity index is 1.40. The average molecular weight is 327 g/mol. The van der Waals surface area contributed by atoms with Crippen molar-refractivity contribution in [3.63, 3.8) is 0 Å². The molecule has 0 N–H and O–H groups in total. The third-order valence-electron chi connectivity index (χ3n) is 5.06. The number of carbonyl (C=O) groups excluding carboxylic acids is 1. The van der Waals surface area contributed by atoms with Gasteiger partial charge in [-0.2, -0.15) is 4.98 Å². The molecule has 0 radical (unpaired) electrons. The van der Waals surface area contributed by atoms with Crippen LogP contribution in [0.25, 0.3) is 0 Å². The highest BCUT2D eigenvalue weighted by Gasteiger charge is 2.31. The number of likely N-dealkylation sites (tertiary alicyclic amines) is 1. The van der Waals surface area contributed by atoms with Crippen molar-refractivity contribution in [3.05, 3.63) is 42.0 Å². The van der Waals surface area contributed by atoms with E-state index in [9.17, 15) is 4.79 Å². The first-order valence-corrected chi connectivity index (χ1v) is 8.57. The summed E-state index contributed by atoms with van der Waals surface area (Å²) in [6, 6.07) is 8.02. The molecule has 6 heteroatoms.